The van der Waals surface area contributed by atoms with Crippen molar-refractivity contribution in [2.45, 2.75) is 25.3 Å². The maximum atomic E-state index is 6.72. The third-order valence-electron chi connectivity index (χ3n) is 6.78. The standard InChI is InChI=1S/C23H21Cl2N5S2/c24-15-6-3-7-16(17(15)25)27-21-28-19-20(31-21)29-22(32-19)30-10-8-23(9-11-30)12-13-4-1-2-5-14(13)18(23)26/h1-7,18H,8-12,26H2,(H,27,28)/t18-/m1/s1. The van der Waals surface area contributed by atoms with Crippen molar-refractivity contribution in [1.82, 2.24) is 9.97 Å². The molecule has 1 aliphatic carbocycles. The van der Waals surface area contributed by atoms with E-state index in [2.05, 4.69) is 34.5 Å². The van der Waals surface area contributed by atoms with Gasteiger partial charge < -0.3 is 16.0 Å². The molecule has 0 unspecified atom stereocenters. The smallest absolute Gasteiger partial charge is 0.190 e. The van der Waals surface area contributed by atoms with Gasteiger partial charge in [-0.2, -0.15) is 0 Å². The molecule has 2 aliphatic rings. The lowest BCUT2D eigenvalue weighted by Gasteiger charge is -2.42. The molecule has 3 N–H and O–H groups in total. The van der Waals surface area contributed by atoms with Crippen molar-refractivity contribution in [3.05, 3.63) is 63.6 Å². The SMILES string of the molecule is N[C@@H]1c2ccccc2CC12CCN(c1nc3sc(Nc4cccc(Cl)c4Cl)nc3s1)CC2. The number of halogens is 2. The molecule has 1 saturated heterocycles. The van der Waals surface area contributed by atoms with Crippen LogP contribution in [0.4, 0.5) is 16.0 Å². The van der Waals surface area contributed by atoms with Crippen LogP contribution in [0.15, 0.2) is 42.5 Å². The fourth-order valence-corrected chi connectivity index (χ4v) is 7.34. The number of rotatable bonds is 3. The zero-order valence-electron chi connectivity index (χ0n) is 17.1. The third kappa shape index (κ3) is 3.38. The van der Waals surface area contributed by atoms with Gasteiger partial charge in [0.25, 0.3) is 0 Å². The molecule has 2 aromatic heterocycles. The lowest BCUT2D eigenvalue weighted by molar-refractivity contribution is 0.187. The van der Waals surface area contributed by atoms with Crippen LogP contribution >= 0.6 is 45.9 Å². The van der Waals surface area contributed by atoms with E-state index in [1.54, 1.807) is 17.4 Å². The Hall–Kier alpha value is -1.90. The highest BCUT2D eigenvalue weighted by atomic mass is 35.5. The molecule has 6 rings (SSSR count). The molecule has 1 aliphatic heterocycles. The molecule has 0 radical (unpaired) electrons. The molecule has 5 nitrogen and oxygen atoms in total. The second-order valence-corrected chi connectivity index (χ2v) is 11.3. The number of hydrogen-bond donors (Lipinski definition) is 2. The van der Waals surface area contributed by atoms with Gasteiger partial charge in [0.15, 0.2) is 19.9 Å². The minimum absolute atomic E-state index is 0.134. The summed E-state index contributed by atoms with van der Waals surface area (Å²) < 4.78 is 0. The summed E-state index contributed by atoms with van der Waals surface area (Å²) in [6.07, 6.45) is 3.26. The van der Waals surface area contributed by atoms with Crippen LogP contribution in [0.1, 0.15) is 30.0 Å². The van der Waals surface area contributed by atoms with E-state index in [4.69, 9.17) is 38.9 Å². The molecular formula is C23H21Cl2N5S2. The van der Waals surface area contributed by atoms with E-state index in [-0.39, 0.29) is 11.5 Å². The second kappa shape index (κ2) is 7.85. The zero-order valence-corrected chi connectivity index (χ0v) is 20.3. The molecule has 9 heteroatoms. The molecule has 1 fully saturated rings. The minimum atomic E-state index is 0.134. The topological polar surface area (TPSA) is 67.1 Å². The minimum Gasteiger partial charge on any atom is -0.348 e. The summed E-state index contributed by atoms with van der Waals surface area (Å²) in [6, 6.07) is 14.3. The van der Waals surface area contributed by atoms with Crippen molar-refractivity contribution < 1.29 is 0 Å². The van der Waals surface area contributed by atoms with Crippen LogP contribution in [0.5, 0.6) is 0 Å². The lowest BCUT2D eigenvalue weighted by Crippen LogP contribution is -2.44. The molecule has 32 heavy (non-hydrogen) atoms. The van der Waals surface area contributed by atoms with Crippen molar-refractivity contribution in [2.75, 3.05) is 23.3 Å². The van der Waals surface area contributed by atoms with Gasteiger partial charge in [0.05, 0.1) is 15.7 Å². The van der Waals surface area contributed by atoms with Crippen molar-refractivity contribution in [3.8, 4) is 0 Å². The molecule has 3 heterocycles. The number of nitrogens with zero attached hydrogens (tertiary/aromatic N) is 3. The Morgan fingerprint density at radius 2 is 1.78 bits per heavy atom. The van der Waals surface area contributed by atoms with Gasteiger partial charge in [0.2, 0.25) is 0 Å². The number of benzene rings is 2. The van der Waals surface area contributed by atoms with Gasteiger partial charge in [-0.1, -0.05) is 76.2 Å². The number of anilines is 3. The predicted molar refractivity (Wildman–Crippen MR) is 136 cm³/mol. The molecule has 164 valence electrons. The molecule has 0 amide bonds. The van der Waals surface area contributed by atoms with E-state index in [9.17, 15) is 0 Å². The van der Waals surface area contributed by atoms with Gasteiger partial charge >= 0.3 is 0 Å². The largest absolute Gasteiger partial charge is 0.348 e. The average molecular weight is 502 g/mol. The average Bonchev–Trinajstić information content (AvgIpc) is 3.43. The molecule has 0 saturated carbocycles. The number of thiazole rings is 2. The summed E-state index contributed by atoms with van der Waals surface area (Å²) in [5.41, 5.74) is 10.4. The zero-order chi connectivity index (χ0) is 21.9. The van der Waals surface area contributed by atoms with Gasteiger partial charge in [-0.3, -0.25) is 0 Å². The summed E-state index contributed by atoms with van der Waals surface area (Å²) in [4.78, 5) is 13.9. The number of piperidine rings is 1. The van der Waals surface area contributed by atoms with E-state index < -0.39 is 0 Å². The fourth-order valence-electron chi connectivity index (χ4n) is 4.98. The molecule has 4 aromatic rings. The Morgan fingerprint density at radius 3 is 2.56 bits per heavy atom. The number of nitrogens with one attached hydrogen (secondary N) is 1. The van der Waals surface area contributed by atoms with Crippen molar-refractivity contribution in [3.63, 3.8) is 0 Å². The van der Waals surface area contributed by atoms with Crippen LogP contribution in [-0.4, -0.2) is 23.1 Å². The maximum Gasteiger partial charge on any atom is 0.190 e. The Bertz CT molecular complexity index is 1280. The van der Waals surface area contributed by atoms with E-state index in [1.165, 1.54) is 22.5 Å². The summed E-state index contributed by atoms with van der Waals surface area (Å²) in [5, 5.41) is 6.09. The Balaban J connectivity index is 1.17. The first-order chi connectivity index (χ1) is 15.5. The predicted octanol–water partition coefficient (Wildman–Crippen LogP) is 6.65. The van der Waals surface area contributed by atoms with E-state index in [0.29, 0.717) is 10.0 Å². The van der Waals surface area contributed by atoms with E-state index in [1.807, 2.05) is 12.1 Å². The third-order valence-corrected chi connectivity index (χ3v) is 9.60. The Kier molecular flexibility index (Phi) is 5.08. The van der Waals surface area contributed by atoms with Crippen molar-refractivity contribution >= 4 is 71.5 Å². The summed E-state index contributed by atoms with van der Waals surface area (Å²) in [7, 11) is 0. The first-order valence-electron chi connectivity index (χ1n) is 10.6. The molecule has 1 spiro atoms. The molecule has 2 aromatic carbocycles. The van der Waals surface area contributed by atoms with Gasteiger partial charge in [-0.05, 0) is 47.9 Å². The maximum absolute atomic E-state index is 6.72. The Labute approximate surface area is 204 Å². The number of nitrogens with two attached hydrogens (primary N) is 1. The van der Waals surface area contributed by atoms with Gasteiger partial charge in [0.1, 0.15) is 0 Å². The Morgan fingerprint density at radius 1 is 1.00 bits per heavy atom. The molecule has 0 bridgehead atoms. The van der Waals surface area contributed by atoms with Crippen LogP contribution in [0, 0.1) is 5.41 Å². The fraction of sp³-hybridized carbons (Fsp3) is 0.304. The van der Waals surface area contributed by atoms with Gasteiger partial charge in [0, 0.05) is 19.1 Å². The lowest BCUT2D eigenvalue weighted by atomic mass is 9.73. The highest BCUT2D eigenvalue weighted by Crippen LogP contribution is 2.51. The van der Waals surface area contributed by atoms with Crippen LogP contribution in [0.2, 0.25) is 10.0 Å². The van der Waals surface area contributed by atoms with Crippen LogP contribution in [-0.2, 0) is 6.42 Å². The first kappa shape index (κ1) is 20.7. The quantitative estimate of drug-likeness (QED) is 0.329. The van der Waals surface area contributed by atoms with Crippen LogP contribution < -0.4 is 16.0 Å². The van der Waals surface area contributed by atoms with E-state index >= 15 is 0 Å². The molecular weight excluding hydrogens is 481 g/mol. The van der Waals surface area contributed by atoms with Crippen molar-refractivity contribution in [2.24, 2.45) is 11.1 Å². The number of hydrogen-bond acceptors (Lipinski definition) is 7. The summed E-state index contributed by atoms with van der Waals surface area (Å²) in [5.74, 6) is 0. The monoisotopic (exact) mass is 501 g/mol. The summed E-state index contributed by atoms with van der Waals surface area (Å²) in [6.45, 7) is 1.96. The number of fused-ring (bicyclic) bond motifs is 2. The molecule has 1 atom stereocenters. The van der Waals surface area contributed by atoms with Crippen LogP contribution in [0.25, 0.3) is 9.66 Å². The summed E-state index contributed by atoms with van der Waals surface area (Å²) >= 11 is 15.6. The highest BCUT2D eigenvalue weighted by Gasteiger charge is 2.46. The highest BCUT2D eigenvalue weighted by molar-refractivity contribution is 7.30. The van der Waals surface area contributed by atoms with Crippen LogP contribution in [0.3, 0.4) is 0 Å². The second-order valence-electron chi connectivity index (χ2n) is 8.55. The van der Waals surface area contributed by atoms with Crippen molar-refractivity contribution in [1.29, 1.82) is 0 Å². The first-order valence-corrected chi connectivity index (χ1v) is 13.0. The normalized spacial score (nSPS) is 19.6. The van der Waals surface area contributed by atoms with E-state index in [0.717, 1.165) is 58.0 Å². The number of aromatic nitrogens is 2. The van der Waals surface area contributed by atoms with Gasteiger partial charge in [-0.15, -0.1) is 0 Å². The van der Waals surface area contributed by atoms with Gasteiger partial charge in [-0.25, -0.2) is 9.97 Å².